The molecule has 11 heteroatoms. The molecular weight excluding hydrogens is 418 g/mol. The van der Waals surface area contributed by atoms with Gasteiger partial charge in [-0.05, 0) is 36.8 Å². The average molecular weight is 435 g/mol. The fraction of sp³-hybridized carbons (Fsp3) is 0.250. The van der Waals surface area contributed by atoms with Crippen LogP contribution in [0.15, 0.2) is 48.0 Å². The predicted molar refractivity (Wildman–Crippen MR) is 102 cm³/mol. The number of alkyl halides is 3. The van der Waals surface area contributed by atoms with E-state index in [1.165, 1.54) is 13.2 Å². The Hall–Kier alpha value is -3.63. The van der Waals surface area contributed by atoms with Crippen LogP contribution in [0.5, 0.6) is 5.88 Å². The van der Waals surface area contributed by atoms with Crippen molar-refractivity contribution in [2.75, 3.05) is 13.7 Å². The molecule has 1 aromatic carbocycles. The minimum Gasteiger partial charge on any atom is -0.479 e. The van der Waals surface area contributed by atoms with Gasteiger partial charge in [-0.1, -0.05) is 11.2 Å². The molecule has 7 nitrogen and oxygen atoms in total. The van der Waals surface area contributed by atoms with Crippen LogP contribution in [0.25, 0.3) is 5.69 Å². The summed E-state index contributed by atoms with van der Waals surface area (Å²) in [5.74, 6) is -0.805. The number of rotatable bonds is 4. The maximum absolute atomic E-state index is 14.0. The maximum Gasteiger partial charge on any atom is 0.419 e. The second kappa shape index (κ2) is 7.89. The summed E-state index contributed by atoms with van der Waals surface area (Å²) >= 11 is 0. The lowest BCUT2D eigenvalue weighted by Crippen LogP contribution is -2.36. The highest BCUT2D eigenvalue weighted by Crippen LogP contribution is 2.33. The highest BCUT2D eigenvalue weighted by Gasteiger charge is 2.34. The summed E-state index contributed by atoms with van der Waals surface area (Å²) in [4.78, 5) is 13.8. The third-order valence-electron chi connectivity index (χ3n) is 4.67. The smallest absolute Gasteiger partial charge is 0.419 e. The first-order chi connectivity index (χ1) is 14.8. The Morgan fingerprint density at radius 2 is 2.03 bits per heavy atom. The summed E-state index contributed by atoms with van der Waals surface area (Å²) in [6.07, 6.45) is -1.32. The van der Waals surface area contributed by atoms with Crippen LogP contribution in [0, 0.1) is 12.7 Å². The molecule has 162 valence electrons. The zero-order valence-electron chi connectivity index (χ0n) is 16.4. The minimum atomic E-state index is -4.76. The van der Waals surface area contributed by atoms with Crippen LogP contribution in [0.3, 0.4) is 0 Å². The number of imidazole rings is 1. The van der Waals surface area contributed by atoms with Gasteiger partial charge in [-0.25, -0.2) is 14.4 Å². The SMILES string of the molecule is COc1nc(C2=NOCC(c3ccc(C(F)(F)F)c(F)c3)N2)ccc1-n1cnc(C)c1. The number of aromatic nitrogens is 3. The number of amidine groups is 1. The number of nitrogens with one attached hydrogen (secondary N) is 1. The third kappa shape index (κ3) is 4.16. The number of aryl methyl sites for hydroxylation is 1. The van der Waals surface area contributed by atoms with Crippen molar-refractivity contribution in [2.24, 2.45) is 5.16 Å². The molecule has 3 aromatic rings. The van der Waals surface area contributed by atoms with Gasteiger partial charge in [-0.15, -0.1) is 0 Å². The Kier molecular flexibility index (Phi) is 5.25. The Bertz CT molecular complexity index is 1140. The standard InChI is InChI=1S/C20H17F4N5O2/c1-11-8-29(10-25-11)17-6-5-15(27-19(17)30-2)18-26-16(9-31-28-18)12-3-4-13(14(21)7-12)20(22,23)24/h3-8,10,16H,9H2,1-2H3,(H,26,28). The topological polar surface area (TPSA) is 73.6 Å². The summed E-state index contributed by atoms with van der Waals surface area (Å²) in [7, 11) is 1.47. The van der Waals surface area contributed by atoms with Gasteiger partial charge in [-0.2, -0.15) is 13.2 Å². The van der Waals surface area contributed by atoms with Crippen molar-refractivity contribution in [2.45, 2.75) is 19.1 Å². The molecule has 0 bridgehead atoms. The number of hydrogen-bond donors (Lipinski definition) is 1. The number of pyridine rings is 1. The molecule has 4 rings (SSSR count). The molecule has 1 aliphatic rings. The van der Waals surface area contributed by atoms with Gasteiger partial charge in [0.05, 0.1) is 30.7 Å². The second-order valence-corrected chi connectivity index (χ2v) is 6.82. The fourth-order valence-electron chi connectivity index (χ4n) is 3.15. The summed E-state index contributed by atoms with van der Waals surface area (Å²) in [5, 5.41) is 6.96. The molecule has 0 amide bonds. The van der Waals surface area contributed by atoms with Crippen LogP contribution in [-0.2, 0) is 11.0 Å². The molecule has 1 N–H and O–H groups in total. The van der Waals surface area contributed by atoms with E-state index in [0.717, 1.165) is 11.8 Å². The average Bonchev–Trinajstić information content (AvgIpc) is 3.18. The molecule has 0 saturated heterocycles. The van der Waals surface area contributed by atoms with Gasteiger partial charge in [0.2, 0.25) is 5.88 Å². The van der Waals surface area contributed by atoms with Gasteiger partial charge >= 0.3 is 6.18 Å². The van der Waals surface area contributed by atoms with Gasteiger partial charge < -0.3 is 19.5 Å². The molecule has 3 heterocycles. The van der Waals surface area contributed by atoms with Crippen LogP contribution in [0.4, 0.5) is 17.6 Å². The van der Waals surface area contributed by atoms with Crippen molar-refractivity contribution < 1.29 is 27.1 Å². The van der Waals surface area contributed by atoms with Crippen molar-refractivity contribution in [3.8, 4) is 11.6 Å². The molecule has 0 aliphatic carbocycles. The van der Waals surface area contributed by atoms with E-state index in [1.807, 2.05) is 13.1 Å². The van der Waals surface area contributed by atoms with Crippen molar-refractivity contribution in [3.63, 3.8) is 0 Å². The molecular formula is C20H17F4N5O2. The van der Waals surface area contributed by atoms with Crippen LogP contribution < -0.4 is 10.1 Å². The van der Waals surface area contributed by atoms with E-state index in [4.69, 9.17) is 9.57 Å². The molecule has 31 heavy (non-hydrogen) atoms. The first-order valence-electron chi connectivity index (χ1n) is 9.16. The van der Waals surface area contributed by atoms with E-state index in [0.29, 0.717) is 23.3 Å². The lowest BCUT2D eigenvalue weighted by atomic mass is 10.0. The van der Waals surface area contributed by atoms with Gasteiger partial charge in [0.15, 0.2) is 5.84 Å². The van der Waals surface area contributed by atoms with E-state index < -0.39 is 23.6 Å². The van der Waals surface area contributed by atoms with Crippen molar-refractivity contribution in [1.29, 1.82) is 0 Å². The van der Waals surface area contributed by atoms with Gasteiger partial charge in [0.25, 0.3) is 0 Å². The van der Waals surface area contributed by atoms with Gasteiger partial charge in [-0.3, -0.25) is 0 Å². The molecule has 1 atom stereocenters. The molecule has 0 radical (unpaired) electrons. The summed E-state index contributed by atoms with van der Waals surface area (Å²) in [6, 6.07) is 5.57. The minimum absolute atomic E-state index is 0.0117. The Labute approximate surface area is 174 Å². The van der Waals surface area contributed by atoms with Crippen LogP contribution >= 0.6 is 0 Å². The normalized spacial score (nSPS) is 16.3. The van der Waals surface area contributed by atoms with Crippen LogP contribution in [0.2, 0.25) is 0 Å². The number of nitrogens with zero attached hydrogens (tertiary/aromatic N) is 4. The molecule has 0 fully saturated rings. The quantitative estimate of drug-likeness (QED) is 0.632. The Balaban J connectivity index is 1.59. The zero-order chi connectivity index (χ0) is 22.2. The first kappa shape index (κ1) is 20.6. The summed E-state index contributed by atoms with van der Waals surface area (Å²) in [6.45, 7) is 1.87. The zero-order valence-corrected chi connectivity index (χ0v) is 16.4. The number of halogens is 4. The van der Waals surface area contributed by atoms with E-state index in [1.54, 1.807) is 23.0 Å². The highest BCUT2D eigenvalue weighted by molar-refractivity contribution is 5.97. The molecule has 2 aromatic heterocycles. The monoisotopic (exact) mass is 435 g/mol. The van der Waals surface area contributed by atoms with Crippen LogP contribution in [-0.4, -0.2) is 34.1 Å². The largest absolute Gasteiger partial charge is 0.479 e. The number of hydrogen-bond acceptors (Lipinski definition) is 6. The van der Waals surface area contributed by atoms with E-state index >= 15 is 0 Å². The molecule has 1 aliphatic heterocycles. The second-order valence-electron chi connectivity index (χ2n) is 6.82. The number of methoxy groups -OCH3 is 1. The maximum atomic E-state index is 14.0. The van der Waals surface area contributed by atoms with E-state index in [-0.39, 0.29) is 18.0 Å². The van der Waals surface area contributed by atoms with Crippen molar-refractivity contribution in [1.82, 2.24) is 19.9 Å². The van der Waals surface area contributed by atoms with Gasteiger partial charge in [0.1, 0.15) is 23.8 Å². The summed E-state index contributed by atoms with van der Waals surface area (Å²) in [5.41, 5.74) is 0.832. The predicted octanol–water partition coefficient (Wildman–Crippen LogP) is 3.76. The molecule has 1 unspecified atom stereocenters. The fourth-order valence-corrected chi connectivity index (χ4v) is 3.15. The van der Waals surface area contributed by atoms with Crippen molar-refractivity contribution in [3.05, 3.63) is 71.2 Å². The number of oxime groups is 1. The summed E-state index contributed by atoms with van der Waals surface area (Å²) < 4.78 is 59.5. The van der Waals surface area contributed by atoms with Crippen molar-refractivity contribution >= 4 is 5.84 Å². The Morgan fingerprint density at radius 3 is 2.68 bits per heavy atom. The van der Waals surface area contributed by atoms with E-state index in [9.17, 15) is 17.6 Å². The third-order valence-corrected chi connectivity index (χ3v) is 4.67. The molecule has 0 saturated carbocycles. The lowest BCUT2D eigenvalue weighted by Gasteiger charge is -2.24. The van der Waals surface area contributed by atoms with E-state index in [2.05, 4.69) is 20.4 Å². The Morgan fingerprint density at radius 1 is 1.23 bits per heavy atom. The lowest BCUT2D eigenvalue weighted by molar-refractivity contribution is -0.140. The number of ether oxygens (including phenoxy) is 1. The highest BCUT2D eigenvalue weighted by atomic mass is 19.4. The van der Waals surface area contributed by atoms with Gasteiger partial charge in [0, 0.05) is 6.20 Å². The van der Waals surface area contributed by atoms with Crippen LogP contribution in [0.1, 0.15) is 28.6 Å². The number of benzene rings is 1. The first-order valence-corrected chi connectivity index (χ1v) is 9.16. The molecule has 0 spiro atoms.